The lowest BCUT2D eigenvalue weighted by molar-refractivity contribution is 0.294. The van der Waals surface area contributed by atoms with Crippen LogP contribution in [-0.2, 0) is 0 Å². The summed E-state index contributed by atoms with van der Waals surface area (Å²) in [6.45, 7) is 11.5. The SMILES string of the molecule is C=C[Si](C=C)(C=C)CCCO. The van der Waals surface area contributed by atoms with Crippen molar-refractivity contribution in [2.24, 2.45) is 0 Å². The zero-order chi connectivity index (χ0) is 8.74. The van der Waals surface area contributed by atoms with Crippen LogP contribution in [0.25, 0.3) is 0 Å². The van der Waals surface area contributed by atoms with E-state index >= 15 is 0 Å². The molecule has 0 aromatic carbocycles. The molecular formula is C9H16OSi. The zero-order valence-electron chi connectivity index (χ0n) is 6.92. The van der Waals surface area contributed by atoms with Crippen LogP contribution >= 0.6 is 0 Å². The molecule has 0 aromatic rings. The molecule has 0 amide bonds. The average Bonchev–Trinajstić information content (AvgIpc) is 2.08. The highest BCUT2D eigenvalue weighted by Gasteiger charge is 2.19. The third kappa shape index (κ3) is 2.86. The Labute approximate surface area is 69.8 Å². The Morgan fingerprint density at radius 2 is 1.55 bits per heavy atom. The third-order valence-electron chi connectivity index (χ3n) is 1.91. The molecule has 0 unspecified atom stereocenters. The van der Waals surface area contributed by atoms with Gasteiger partial charge in [-0.25, -0.2) is 0 Å². The first-order valence-corrected chi connectivity index (χ1v) is 6.20. The summed E-state index contributed by atoms with van der Waals surface area (Å²) in [6.07, 6.45) is 0.816. The molecule has 0 fully saturated rings. The first-order chi connectivity index (χ1) is 5.24. The first kappa shape index (κ1) is 10.4. The summed E-state index contributed by atoms with van der Waals surface area (Å²) in [6, 6.07) is 0.972. The van der Waals surface area contributed by atoms with Gasteiger partial charge in [0.15, 0.2) is 0 Å². The van der Waals surface area contributed by atoms with Gasteiger partial charge in [0.2, 0.25) is 0 Å². The minimum absolute atomic E-state index is 0.240. The van der Waals surface area contributed by atoms with Crippen molar-refractivity contribution in [1.29, 1.82) is 0 Å². The summed E-state index contributed by atoms with van der Waals surface area (Å²) in [5.41, 5.74) is 5.84. The highest BCUT2D eigenvalue weighted by atomic mass is 28.3. The molecule has 0 aliphatic rings. The highest BCUT2D eigenvalue weighted by molar-refractivity contribution is 6.93. The Morgan fingerprint density at radius 1 is 1.09 bits per heavy atom. The molecular weight excluding hydrogens is 152 g/mol. The lowest BCUT2D eigenvalue weighted by atomic mass is 10.5. The van der Waals surface area contributed by atoms with E-state index in [-0.39, 0.29) is 6.61 Å². The van der Waals surface area contributed by atoms with E-state index in [0.29, 0.717) is 0 Å². The van der Waals surface area contributed by atoms with Gasteiger partial charge in [0.05, 0.1) is 0 Å². The van der Waals surface area contributed by atoms with Crippen molar-refractivity contribution in [1.82, 2.24) is 0 Å². The van der Waals surface area contributed by atoms with E-state index in [1.54, 1.807) is 0 Å². The van der Waals surface area contributed by atoms with E-state index in [1.165, 1.54) is 0 Å². The lowest BCUT2D eigenvalue weighted by Gasteiger charge is -2.18. The fraction of sp³-hybridized carbons (Fsp3) is 0.333. The van der Waals surface area contributed by atoms with Crippen LogP contribution in [0.3, 0.4) is 0 Å². The van der Waals surface area contributed by atoms with Gasteiger partial charge in [-0.3, -0.25) is 0 Å². The molecule has 0 saturated carbocycles. The van der Waals surface area contributed by atoms with Crippen molar-refractivity contribution >= 4 is 8.07 Å². The number of rotatable bonds is 6. The van der Waals surface area contributed by atoms with Crippen molar-refractivity contribution in [2.45, 2.75) is 12.5 Å². The highest BCUT2D eigenvalue weighted by Crippen LogP contribution is 2.15. The molecule has 0 atom stereocenters. The van der Waals surface area contributed by atoms with Crippen LogP contribution < -0.4 is 0 Å². The van der Waals surface area contributed by atoms with E-state index in [1.807, 2.05) is 17.1 Å². The fourth-order valence-electron chi connectivity index (χ4n) is 0.941. The predicted octanol–water partition coefficient (Wildman–Crippen LogP) is 1.99. The molecule has 11 heavy (non-hydrogen) atoms. The van der Waals surface area contributed by atoms with Crippen LogP contribution in [0.15, 0.2) is 36.8 Å². The van der Waals surface area contributed by atoms with Gasteiger partial charge in [0, 0.05) is 6.61 Å². The standard InChI is InChI=1S/C9H16OSi/c1-4-11(5-2,6-3)9-7-8-10/h4-6,10H,1-3,7-9H2. The largest absolute Gasteiger partial charge is 0.396 e. The van der Waals surface area contributed by atoms with Crippen molar-refractivity contribution in [3.8, 4) is 0 Å². The number of hydrogen-bond acceptors (Lipinski definition) is 1. The topological polar surface area (TPSA) is 20.2 Å². The third-order valence-corrected chi connectivity index (χ3v) is 5.41. The number of aliphatic hydroxyl groups excluding tert-OH is 1. The summed E-state index contributed by atoms with van der Waals surface area (Å²) >= 11 is 0. The second-order valence-electron chi connectivity index (χ2n) is 2.55. The quantitative estimate of drug-likeness (QED) is 0.601. The molecule has 1 N–H and O–H groups in total. The van der Waals surface area contributed by atoms with Gasteiger partial charge in [0.25, 0.3) is 0 Å². The molecule has 0 bridgehead atoms. The maximum absolute atomic E-state index is 8.64. The van der Waals surface area contributed by atoms with Gasteiger partial charge >= 0.3 is 0 Å². The summed E-state index contributed by atoms with van der Waals surface area (Å²) in [7, 11) is -1.61. The number of aliphatic hydroxyl groups is 1. The molecule has 0 aliphatic heterocycles. The van der Waals surface area contributed by atoms with Gasteiger partial charge in [0.1, 0.15) is 8.07 Å². The molecule has 0 spiro atoms. The van der Waals surface area contributed by atoms with Gasteiger partial charge in [-0.2, -0.15) is 0 Å². The second kappa shape index (κ2) is 5.10. The van der Waals surface area contributed by atoms with Crippen LogP contribution in [0.1, 0.15) is 6.42 Å². The summed E-state index contributed by atoms with van der Waals surface area (Å²) < 4.78 is 0. The Balaban J connectivity index is 4.16. The molecule has 0 rings (SSSR count). The molecule has 0 aliphatic carbocycles. The van der Waals surface area contributed by atoms with Crippen molar-refractivity contribution in [3.05, 3.63) is 36.8 Å². The predicted molar refractivity (Wildman–Crippen MR) is 52.9 cm³/mol. The molecule has 0 heterocycles. The molecule has 1 nitrogen and oxygen atoms in total. The van der Waals surface area contributed by atoms with Crippen LogP contribution in [0.2, 0.25) is 6.04 Å². The Bertz CT molecular complexity index is 130. The Morgan fingerprint density at radius 3 is 1.82 bits per heavy atom. The van der Waals surface area contributed by atoms with Crippen LogP contribution in [0.4, 0.5) is 0 Å². The first-order valence-electron chi connectivity index (χ1n) is 3.76. The van der Waals surface area contributed by atoms with Crippen LogP contribution in [0.5, 0.6) is 0 Å². The molecule has 0 saturated heterocycles. The summed E-state index contributed by atoms with van der Waals surface area (Å²) in [5.74, 6) is 0. The molecule has 62 valence electrons. The van der Waals surface area contributed by atoms with E-state index in [0.717, 1.165) is 12.5 Å². The molecule has 0 aromatic heterocycles. The second-order valence-corrected chi connectivity index (χ2v) is 6.50. The maximum atomic E-state index is 8.64. The normalized spacial score (nSPS) is 10.6. The molecule has 0 radical (unpaired) electrons. The average molecular weight is 168 g/mol. The Hall–Kier alpha value is -0.603. The van der Waals surface area contributed by atoms with Crippen LogP contribution in [-0.4, -0.2) is 19.8 Å². The molecule has 2 heteroatoms. The van der Waals surface area contributed by atoms with Crippen molar-refractivity contribution < 1.29 is 5.11 Å². The zero-order valence-corrected chi connectivity index (χ0v) is 7.92. The van der Waals surface area contributed by atoms with Gasteiger partial charge in [-0.1, -0.05) is 17.1 Å². The maximum Gasteiger partial charge on any atom is 0.124 e. The monoisotopic (exact) mass is 168 g/mol. The van der Waals surface area contributed by atoms with E-state index in [9.17, 15) is 0 Å². The summed E-state index contributed by atoms with van der Waals surface area (Å²) in [4.78, 5) is 0. The van der Waals surface area contributed by atoms with Gasteiger partial charge < -0.3 is 5.11 Å². The van der Waals surface area contributed by atoms with E-state index in [4.69, 9.17) is 5.11 Å². The number of hydrogen-bond donors (Lipinski definition) is 1. The smallest absolute Gasteiger partial charge is 0.124 e. The van der Waals surface area contributed by atoms with E-state index in [2.05, 4.69) is 19.7 Å². The minimum Gasteiger partial charge on any atom is -0.396 e. The fourth-order valence-corrected chi connectivity index (χ4v) is 2.82. The van der Waals surface area contributed by atoms with Crippen molar-refractivity contribution in [3.63, 3.8) is 0 Å². The van der Waals surface area contributed by atoms with Gasteiger partial charge in [-0.15, -0.1) is 19.7 Å². The lowest BCUT2D eigenvalue weighted by Crippen LogP contribution is -2.26. The van der Waals surface area contributed by atoms with Gasteiger partial charge in [-0.05, 0) is 12.5 Å². The van der Waals surface area contributed by atoms with Crippen molar-refractivity contribution in [2.75, 3.05) is 6.61 Å². The van der Waals surface area contributed by atoms with E-state index < -0.39 is 8.07 Å². The minimum atomic E-state index is -1.61. The summed E-state index contributed by atoms with van der Waals surface area (Å²) in [5, 5.41) is 8.64. The Kier molecular flexibility index (Phi) is 4.82. The van der Waals surface area contributed by atoms with Crippen LogP contribution in [0, 0.1) is 0 Å².